The number of hydrogen-bond acceptors (Lipinski definition) is 6. The van der Waals surface area contributed by atoms with Crippen LogP contribution in [0.5, 0.6) is 5.75 Å². The van der Waals surface area contributed by atoms with Gasteiger partial charge in [-0.2, -0.15) is 0 Å². The van der Waals surface area contributed by atoms with Crippen LogP contribution in [0.15, 0.2) is 77.4 Å². The molecule has 2 aliphatic heterocycles. The molecule has 2 aromatic carbocycles. The van der Waals surface area contributed by atoms with E-state index in [2.05, 4.69) is 5.32 Å². The lowest BCUT2D eigenvalue weighted by molar-refractivity contribution is -0.128. The Morgan fingerprint density at radius 1 is 0.946 bits per heavy atom. The van der Waals surface area contributed by atoms with E-state index < -0.39 is 11.8 Å². The van der Waals surface area contributed by atoms with E-state index in [-0.39, 0.29) is 30.9 Å². The molecular formula is C28H29N3O6. The summed E-state index contributed by atoms with van der Waals surface area (Å²) in [5, 5.41) is 2.86. The fourth-order valence-corrected chi connectivity index (χ4v) is 4.97. The largest absolute Gasteiger partial charge is 0.497 e. The molecule has 0 bridgehead atoms. The fraction of sp³-hybridized carbons (Fsp3) is 0.321. The molecule has 37 heavy (non-hydrogen) atoms. The molecule has 3 aromatic rings. The minimum absolute atomic E-state index is 0.0784. The molecule has 1 aromatic heterocycles. The second-order valence-corrected chi connectivity index (χ2v) is 9.13. The van der Waals surface area contributed by atoms with E-state index >= 15 is 0 Å². The summed E-state index contributed by atoms with van der Waals surface area (Å²) in [5.41, 5.74) is 0.0699. The summed E-state index contributed by atoms with van der Waals surface area (Å²) in [7, 11) is 1.58. The Hall–Kier alpha value is -4.11. The molecule has 0 radical (unpaired) electrons. The third kappa shape index (κ3) is 4.95. The van der Waals surface area contributed by atoms with E-state index in [4.69, 9.17) is 13.9 Å². The van der Waals surface area contributed by atoms with Gasteiger partial charge in [-0.1, -0.05) is 18.2 Å². The van der Waals surface area contributed by atoms with Gasteiger partial charge < -0.3 is 24.1 Å². The van der Waals surface area contributed by atoms with Gasteiger partial charge in [0, 0.05) is 37.1 Å². The van der Waals surface area contributed by atoms with Gasteiger partial charge in [-0.25, -0.2) is 0 Å². The van der Waals surface area contributed by atoms with Crippen LogP contribution < -0.4 is 10.1 Å². The SMILES string of the molecule is COc1ccc(C(=O)N2CCC3(CC2)OC[C@@H](C(=O)NCc2ccco2)N3C(=O)c2ccccc2)cc1. The molecule has 192 valence electrons. The number of nitrogens with zero attached hydrogens (tertiary/aromatic N) is 2. The van der Waals surface area contributed by atoms with Crippen LogP contribution in [-0.2, 0) is 16.1 Å². The van der Waals surface area contributed by atoms with Crippen LogP contribution in [0.4, 0.5) is 0 Å². The van der Waals surface area contributed by atoms with Gasteiger partial charge in [0.2, 0.25) is 5.91 Å². The summed E-state index contributed by atoms with van der Waals surface area (Å²) in [5.74, 6) is 0.623. The Morgan fingerprint density at radius 2 is 1.65 bits per heavy atom. The van der Waals surface area contributed by atoms with Crippen molar-refractivity contribution in [3.8, 4) is 5.75 Å². The zero-order valence-corrected chi connectivity index (χ0v) is 20.6. The molecule has 2 aliphatic rings. The Balaban J connectivity index is 1.34. The smallest absolute Gasteiger partial charge is 0.256 e. The second-order valence-electron chi connectivity index (χ2n) is 9.13. The third-order valence-electron chi connectivity index (χ3n) is 6.99. The summed E-state index contributed by atoms with van der Waals surface area (Å²) in [6, 6.07) is 18.6. The van der Waals surface area contributed by atoms with E-state index in [0.29, 0.717) is 48.6 Å². The minimum Gasteiger partial charge on any atom is -0.497 e. The van der Waals surface area contributed by atoms with Crippen molar-refractivity contribution >= 4 is 17.7 Å². The van der Waals surface area contributed by atoms with E-state index in [1.54, 1.807) is 83.8 Å². The van der Waals surface area contributed by atoms with Gasteiger partial charge in [0.05, 0.1) is 26.5 Å². The molecule has 2 fully saturated rings. The highest BCUT2D eigenvalue weighted by molar-refractivity contribution is 5.98. The third-order valence-corrected chi connectivity index (χ3v) is 6.99. The van der Waals surface area contributed by atoms with Crippen LogP contribution in [0.1, 0.15) is 39.3 Å². The predicted octanol–water partition coefficient (Wildman–Crippen LogP) is 3.08. The number of likely N-dealkylation sites (tertiary alicyclic amines) is 1. The highest BCUT2D eigenvalue weighted by Crippen LogP contribution is 2.39. The standard InChI is InChI=1S/C28H29N3O6/c1-35-22-11-9-21(10-12-22)26(33)30-15-13-28(14-16-30)31(27(34)20-6-3-2-4-7-20)24(19-37-28)25(32)29-18-23-8-5-17-36-23/h2-12,17,24H,13-16,18-19H2,1H3,(H,29,32)/t24-/m0/s1. The fourth-order valence-electron chi connectivity index (χ4n) is 4.97. The first kappa shape index (κ1) is 24.6. The number of hydrogen-bond donors (Lipinski definition) is 1. The van der Waals surface area contributed by atoms with Gasteiger partial charge in [0.1, 0.15) is 23.3 Å². The van der Waals surface area contributed by atoms with Gasteiger partial charge in [0.25, 0.3) is 11.8 Å². The molecule has 0 aliphatic carbocycles. The van der Waals surface area contributed by atoms with Crippen molar-refractivity contribution in [2.45, 2.75) is 31.2 Å². The van der Waals surface area contributed by atoms with Crippen molar-refractivity contribution < 1.29 is 28.3 Å². The van der Waals surface area contributed by atoms with Gasteiger partial charge >= 0.3 is 0 Å². The normalized spacial score (nSPS) is 18.6. The summed E-state index contributed by atoms with van der Waals surface area (Å²) in [6.07, 6.45) is 2.34. The number of amides is 3. The molecule has 1 N–H and O–H groups in total. The van der Waals surface area contributed by atoms with Gasteiger partial charge in [-0.15, -0.1) is 0 Å². The molecule has 3 amide bonds. The average Bonchev–Trinajstić information content (AvgIpc) is 3.60. The quantitative estimate of drug-likeness (QED) is 0.555. The zero-order valence-electron chi connectivity index (χ0n) is 20.6. The maximum absolute atomic E-state index is 13.7. The van der Waals surface area contributed by atoms with Crippen molar-refractivity contribution in [2.24, 2.45) is 0 Å². The Labute approximate surface area is 214 Å². The lowest BCUT2D eigenvalue weighted by Crippen LogP contribution is -2.59. The summed E-state index contributed by atoms with van der Waals surface area (Å²) in [4.78, 5) is 43.4. The Bertz CT molecular complexity index is 1230. The Morgan fingerprint density at radius 3 is 2.30 bits per heavy atom. The average molecular weight is 504 g/mol. The topological polar surface area (TPSA) is 101 Å². The first-order chi connectivity index (χ1) is 18.0. The number of carbonyl (C=O) groups excluding carboxylic acids is 3. The summed E-state index contributed by atoms with van der Waals surface area (Å²) >= 11 is 0. The van der Waals surface area contributed by atoms with Crippen molar-refractivity contribution in [2.75, 3.05) is 26.8 Å². The van der Waals surface area contributed by atoms with Crippen LogP contribution in [0.2, 0.25) is 0 Å². The number of benzene rings is 2. The highest BCUT2D eigenvalue weighted by Gasteiger charge is 2.54. The minimum atomic E-state index is -0.976. The summed E-state index contributed by atoms with van der Waals surface area (Å²) < 4.78 is 16.7. The number of nitrogens with one attached hydrogen (secondary N) is 1. The van der Waals surface area contributed by atoms with Gasteiger partial charge in [-0.05, 0) is 48.5 Å². The van der Waals surface area contributed by atoms with Crippen molar-refractivity contribution in [1.82, 2.24) is 15.1 Å². The molecule has 5 rings (SSSR count). The number of carbonyl (C=O) groups is 3. The van der Waals surface area contributed by atoms with Crippen LogP contribution in [0.3, 0.4) is 0 Å². The molecule has 9 nitrogen and oxygen atoms in total. The lowest BCUT2D eigenvalue weighted by atomic mass is 9.96. The number of furan rings is 1. The molecule has 1 spiro atoms. The molecular weight excluding hydrogens is 474 g/mol. The van der Waals surface area contributed by atoms with E-state index in [0.717, 1.165) is 0 Å². The van der Waals surface area contributed by atoms with Crippen molar-refractivity contribution in [1.29, 1.82) is 0 Å². The number of ether oxygens (including phenoxy) is 2. The van der Waals surface area contributed by atoms with Crippen LogP contribution >= 0.6 is 0 Å². The molecule has 9 heteroatoms. The maximum atomic E-state index is 13.7. The van der Waals surface area contributed by atoms with Crippen LogP contribution in [0.25, 0.3) is 0 Å². The zero-order chi connectivity index (χ0) is 25.8. The van der Waals surface area contributed by atoms with Gasteiger partial charge in [0.15, 0.2) is 0 Å². The number of piperidine rings is 1. The van der Waals surface area contributed by atoms with Crippen molar-refractivity contribution in [3.05, 3.63) is 89.9 Å². The number of methoxy groups -OCH3 is 1. The van der Waals surface area contributed by atoms with Crippen LogP contribution in [-0.4, -0.2) is 66.1 Å². The Kier molecular flexibility index (Phi) is 6.96. The predicted molar refractivity (Wildman–Crippen MR) is 134 cm³/mol. The van der Waals surface area contributed by atoms with Crippen molar-refractivity contribution in [3.63, 3.8) is 0 Å². The maximum Gasteiger partial charge on any atom is 0.256 e. The first-order valence-electron chi connectivity index (χ1n) is 12.3. The molecule has 0 unspecified atom stereocenters. The van der Waals surface area contributed by atoms with E-state index in [1.165, 1.54) is 0 Å². The molecule has 3 heterocycles. The van der Waals surface area contributed by atoms with E-state index in [1.807, 2.05) is 6.07 Å². The van der Waals surface area contributed by atoms with Crippen LogP contribution in [0, 0.1) is 0 Å². The monoisotopic (exact) mass is 503 g/mol. The highest BCUT2D eigenvalue weighted by atomic mass is 16.5. The molecule has 1 atom stereocenters. The summed E-state index contributed by atoms with van der Waals surface area (Å²) in [6.45, 7) is 1.08. The van der Waals surface area contributed by atoms with Gasteiger partial charge in [-0.3, -0.25) is 19.3 Å². The van der Waals surface area contributed by atoms with E-state index in [9.17, 15) is 14.4 Å². The second kappa shape index (κ2) is 10.5. The first-order valence-corrected chi connectivity index (χ1v) is 12.3. The lowest BCUT2D eigenvalue weighted by Gasteiger charge is -2.44. The number of rotatable bonds is 6. The molecule has 2 saturated heterocycles. The molecule has 0 saturated carbocycles.